The van der Waals surface area contributed by atoms with Crippen molar-refractivity contribution in [3.8, 4) is 0 Å². The van der Waals surface area contributed by atoms with Gasteiger partial charge in [-0.3, -0.25) is 9.59 Å². The SMILES string of the molecule is COCC(=O)N1CCCCC1c1nnc2n1CCN(C(=O)c1cscn1)CC2. The van der Waals surface area contributed by atoms with Crippen LogP contribution in [0.4, 0.5) is 0 Å². The van der Waals surface area contributed by atoms with Crippen molar-refractivity contribution < 1.29 is 14.3 Å². The minimum absolute atomic E-state index is 0.0153. The number of nitrogens with zero attached hydrogens (tertiary/aromatic N) is 6. The summed E-state index contributed by atoms with van der Waals surface area (Å²) in [5, 5.41) is 10.6. The number of piperidine rings is 1. The van der Waals surface area contributed by atoms with Crippen LogP contribution >= 0.6 is 11.3 Å². The van der Waals surface area contributed by atoms with Gasteiger partial charge in [-0.05, 0) is 19.3 Å². The molecule has 0 aliphatic carbocycles. The van der Waals surface area contributed by atoms with Gasteiger partial charge in [0.2, 0.25) is 5.91 Å². The van der Waals surface area contributed by atoms with Crippen LogP contribution in [0.15, 0.2) is 10.9 Å². The molecule has 2 aliphatic heterocycles. The first-order chi connectivity index (χ1) is 13.7. The molecule has 150 valence electrons. The van der Waals surface area contributed by atoms with E-state index in [9.17, 15) is 9.59 Å². The molecule has 0 aromatic carbocycles. The van der Waals surface area contributed by atoms with Crippen LogP contribution in [0, 0.1) is 0 Å². The summed E-state index contributed by atoms with van der Waals surface area (Å²) in [6.07, 6.45) is 3.55. The van der Waals surface area contributed by atoms with E-state index in [1.807, 2.05) is 9.80 Å². The van der Waals surface area contributed by atoms with Gasteiger partial charge in [-0.15, -0.1) is 21.5 Å². The molecular formula is C18H24N6O3S. The maximum Gasteiger partial charge on any atom is 0.273 e. The molecular weight excluding hydrogens is 380 g/mol. The predicted molar refractivity (Wildman–Crippen MR) is 102 cm³/mol. The monoisotopic (exact) mass is 404 g/mol. The minimum Gasteiger partial charge on any atom is -0.375 e. The van der Waals surface area contributed by atoms with Crippen molar-refractivity contribution in [2.24, 2.45) is 0 Å². The van der Waals surface area contributed by atoms with Gasteiger partial charge in [0.15, 0.2) is 5.82 Å². The fraction of sp³-hybridized carbons (Fsp3) is 0.611. The third-order valence-electron chi connectivity index (χ3n) is 5.38. The number of likely N-dealkylation sites (tertiary alicyclic amines) is 1. The summed E-state index contributed by atoms with van der Waals surface area (Å²) >= 11 is 1.42. The molecule has 0 radical (unpaired) electrons. The Bertz CT molecular complexity index is 836. The zero-order valence-corrected chi connectivity index (χ0v) is 16.7. The number of carbonyl (C=O) groups excluding carboxylic acids is 2. The molecule has 1 fully saturated rings. The highest BCUT2D eigenvalue weighted by molar-refractivity contribution is 7.07. The van der Waals surface area contributed by atoms with Crippen LogP contribution in [0.1, 0.15) is 47.4 Å². The average Bonchev–Trinajstić information content (AvgIpc) is 3.34. The fourth-order valence-electron chi connectivity index (χ4n) is 3.98. The Kier molecular flexibility index (Phi) is 5.67. The summed E-state index contributed by atoms with van der Waals surface area (Å²) < 4.78 is 7.14. The molecule has 2 aromatic rings. The molecule has 1 atom stereocenters. The van der Waals surface area contributed by atoms with Gasteiger partial charge in [-0.2, -0.15) is 0 Å². The second-order valence-corrected chi connectivity index (χ2v) is 7.79. The smallest absolute Gasteiger partial charge is 0.273 e. The van der Waals surface area contributed by atoms with Crippen molar-refractivity contribution in [1.82, 2.24) is 29.5 Å². The van der Waals surface area contributed by atoms with E-state index in [2.05, 4.69) is 19.7 Å². The quantitative estimate of drug-likeness (QED) is 0.758. The number of hydrogen-bond donors (Lipinski definition) is 0. The zero-order valence-electron chi connectivity index (χ0n) is 15.9. The van der Waals surface area contributed by atoms with E-state index in [-0.39, 0.29) is 24.5 Å². The number of methoxy groups -OCH3 is 1. The van der Waals surface area contributed by atoms with Gasteiger partial charge < -0.3 is 19.1 Å². The summed E-state index contributed by atoms with van der Waals surface area (Å²) in [7, 11) is 1.54. The van der Waals surface area contributed by atoms with Gasteiger partial charge in [-0.25, -0.2) is 4.98 Å². The first-order valence-corrected chi connectivity index (χ1v) is 10.5. The molecule has 2 amide bonds. The molecule has 0 saturated carbocycles. The number of ether oxygens (including phenoxy) is 1. The molecule has 4 rings (SSSR count). The molecule has 9 nitrogen and oxygen atoms in total. The number of rotatable bonds is 4. The second-order valence-electron chi connectivity index (χ2n) is 7.07. The van der Waals surface area contributed by atoms with E-state index in [0.29, 0.717) is 38.3 Å². The average molecular weight is 404 g/mol. The normalized spacial score (nSPS) is 20.0. The maximum absolute atomic E-state index is 12.6. The molecule has 1 saturated heterocycles. The lowest BCUT2D eigenvalue weighted by atomic mass is 10.0. The topological polar surface area (TPSA) is 93.5 Å². The number of carbonyl (C=O) groups is 2. The molecule has 4 heterocycles. The van der Waals surface area contributed by atoms with Gasteiger partial charge in [0.05, 0.1) is 11.6 Å². The first kappa shape index (κ1) is 19.0. The second kappa shape index (κ2) is 8.36. The van der Waals surface area contributed by atoms with Crippen LogP contribution in [-0.2, 0) is 22.5 Å². The standard InChI is InChI=1S/C18H24N6O3S/c1-27-10-16(25)23-6-3-2-4-14(23)17-21-20-15-5-7-22(8-9-24(15)17)18(26)13-11-28-12-19-13/h11-12,14H,2-10H2,1H3. The molecule has 28 heavy (non-hydrogen) atoms. The summed E-state index contributed by atoms with van der Waals surface area (Å²) in [6.45, 7) is 2.58. The van der Waals surface area contributed by atoms with E-state index in [4.69, 9.17) is 4.74 Å². The number of aromatic nitrogens is 4. The molecule has 2 aromatic heterocycles. The summed E-state index contributed by atoms with van der Waals surface area (Å²) in [6, 6.07) is -0.0848. The fourth-order valence-corrected chi connectivity index (χ4v) is 4.51. The van der Waals surface area contributed by atoms with Crippen LogP contribution in [0.3, 0.4) is 0 Å². The van der Waals surface area contributed by atoms with Gasteiger partial charge in [0.1, 0.15) is 18.1 Å². The maximum atomic E-state index is 12.6. The van der Waals surface area contributed by atoms with Gasteiger partial charge in [0.25, 0.3) is 5.91 Å². The molecule has 2 aliphatic rings. The van der Waals surface area contributed by atoms with Crippen LogP contribution in [-0.4, -0.2) is 74.7 Å². The highest BCUT2D eigenvalue weighted by atomic mass is 32.1. The van der Waals surface area contributed by atoms with E-state index in [1.165, 1.54) is 18.4 Å². The van der Waals surface area contributed by atoms with E-state index in [1.54, 1.807) is 10.9 Å². The van der Waals surface area contributed by atoms with Crippen LogP contribution in [0.5, 0.6) is 0 Å². The third-order valence-corrected chi connectivity index (χ3v) is 5.97. The van der Waals surface area contributed by atoms with Crippen molar-refractivity contribution in [1.29, 1.82) is 0 Å². The van der Waals surface area contributed by atoms with Gasteiger partial charge >= 0.3 is 0 Å². The molecule has 0 spiro atoms. The minimum atomic E-state index is -0.0848. The van der Waals surface area contributed by atoms with Crippen LogP contribution in [0.2, 0.25) is 0 Å². The highest BCUT2D eigenvalue weighted by Gasteiger charge is 2.33. The van der Waals surface area contributed by atoms with Gasteiger partial charge in [-0.1, -0.05) is 0 Å². The largest absolute Gasteiger partial charge is 0.375 e. The Morgan fingerprint density at radius 3 is 2.89 bits per heavy atom. The predicted octanol–water partition coefficient (Wildman–Crippen LogP) is 1.13. The van der Waals surface area contributed by atoms with Gasteiger partial charge in [0, 0.05) is 45.1 Å². The number of hydrogen-bond acceptors (Lipinski definition) is 7. The molecule has 10 heteroatoms. The summed E-state index contributed by atoms with van der Waals surface area (Å²) in [4.78, 5) is 33.0. The van der Waals surface area contributed by atoms with Crippen molar-refractivity contribution in [2.45, 2.75) is 38.3 Å². The van der Waals surface area contributed by atoms with Crippen molar-refractivity contribution in [2.75, 3.05) is 33.4 Å². The van der Waals surface area contributed by atoms with Crippen LogP contribution < -0.4 is 0 Å². The van der Waals surface area contributed by atoms with E-state index < -0.39 is 0 Å². The first-order valence-electron chi connectivity index (χ1n) is 9.57. The molecule has 0 bridgehead atoms. The Labute approximate surface area is 167 Å². The molecule has 0 N–H and O–H groups in total. The Morgan fingerprint density at radius 2 is 2.11 bits per heavy atom. The number of amides is 2. The zero-order chi connectivity index (χ0) is 19.5. The number of fused-ring (bicyclic) bond motifs is 1. The van der Waals surface area contributed by atoms with Crippen molar-refractivity contribution in [3.05, 3.63) is 28.2 Å². The van der Waals surface area contributed by atoms with E-state index >= 15 is 0 Å². The summed E-state index contributed by atoms with van der Waals surface area (Å²) in [5.74, 6) is 1.63. The van der Waals surface area contributed by atoms with Crippen LogP contribution in [0.25, 0.3) is 0 Å². The van der Waals surface area contributed by atoms with Crippen molar-refractivity contribution >= 4 is 23.2 Å². The lowest BCUT2D eigenvalue weighted by Crippen LogP contribution is -2.41. The van der Waals surface area contributed by atoms with Crippen molar-refractivity contribution in [3.63, 3.8) is 0 Å². The highest BCUT2D eigenvalue weighted by Crippen LogP contribution is 2.31. The lowest BCUT2D eigenvalue weighted by Gasteiger charge is -2.35. The lowest BCUT2D eigenvalue weighted by molar-refractivity contribution is -0.139. The number of thiazole rings is 1. The Hall–Kier alpha value is -2.33. The molecule has 1 unspecified atom stereocenters. The third kappa shape index (κ3) is 3.66. The Morgan fingerprint density at radius 1 is 1.21 bits per heavy atom. The van der Waals surface area contributed by atoms with E-state index in [0.717, 1.165) is 30.9 Å². The summed E-state index contributed by atoms with van der Waals surface area (Å²) in [5.41, 5.74) is 2.17. The Balaban J connectivity index is 1.53.